The van der Waals surface area contributed by atoms with Gasteiger partial charge in [-0.2, -0.15) is 0 Å². The Bertz CT molecular complexity index is 1290. The predicted molar refractivity (Wildman–Crippen MR) is 284 cm³/mol. The van der Waals surface area contributed by atoms with Gasteiger partial charge >= 0.3 is 17.9 Å². The van der Waals surface area contributed by atoms with Crippen molar-refractivity contribution in [3.05, 3.63) is 85.1 Å². The highest BCUT2D eigenvalue weighted by Crippen LogP contribution is 2.16. The molecule has 0 aliphatic carbocycles. The first-order chi connectivity index (χ1) is 32.5. The molecular weight excluding hydrogens is 817 g/mol. The zero-order chi connectivity index (χ0) is 47.9. The van der Waals surface area contributed by atoms with Crippen LogP contribution in [0.4, 0.5) is 0 Å². The minimum atomic E-state index is -0.812. The summed E-state index contributed by atoms with van der Waals surface area (Å²) in [7, 11) is 0. The third-order valence-corrected chi connectivity index (χ3v) is 11.7. The summed E-state index contributed by atoms with van der Waals surface area (Å²) in [6.07, 6.45) is 70.1. The van der Waals surface area contributed by atoms with Crippen LogP contribution in [0.25, 0.3) is 0 Å². The maximum atomic E-state index is 12.8. The number of carbonyl (C=O) groups is 3. The number of unbranched alkanes of at least 4 members (excludes halogenated alkanes) is 26. The molecule has 0 fully saturated rings. The summed E-state index contributed by atoms with van der Waals surface area (Å²) in [6, 6.07) is 0. The summed E-state index contributed by atoms with van der Waals surface area (Å²) in [4.78, 5) is 38.0. The van der Waals surface area contributed by atoms with Gasteiger partial charge in [-0.15, -0.1) is 0 Å². The second-order valence-electron chi connectivity index (χ2n) is 18.2. The highest BCUT2D eigenvalue weighted by atomic mass is 16.6. The van der Waals surface area contributed by atoms with E-state index >= 15 is 0 Å². The van der Waals surface area contributed by atoms with Crippen molar-refractivity contribution < 1.29 is 28.6 Å². The van der Waals surface area contributed by atoms with Crippen molar-refractivity contribution in [3.63, 3.8) is 0 Å². The monoisotopic (exact) mass is 919 g/mol. The normalized spacial score (nSPS) is 12.7. The van der Waals surface area contributed by atoms with E-state index in [1.807, 2.05) is 0 Å². The molecule has 0 rings (SSSR count). The van der Waals surface area contributed by atoms with Gasteiger partial charge in [0.1, 0.15) is 13.2 Å². The molecule has 0 spiro atoms. The van der Waals surface area contributed by atoms with Crippen molar-refractivity contribution in [3.8, 4) is 0 Å². The molecule has 0 N–H and O–H groups in total. The Morgan fingerprint density at radius 3 is 1.12 bits per heavy atom. The quantitative estimate of drug-likeness (QED) is 0.0199. The average molecular weight is 919 g/mol. The zero-order valence-electron chi connectivity index (χ0n) is 43.2. The number of hydrogen-bond acceptors (Lipinski definition) is 6. The van der Waals surface area contributed by atoms with Gasteiger partial charge < -0.3 is 14.2 Å². The molecule has 0 saturated carbocycles. The van der Waals surface area contributed by atoms with Crippen LogP contribution in [-0.4, -0.2) is 37.2 Å². The smallest absolute Gasteiger partial charge is 0.306 e. The fraction of sp³-hybridized carbons (Fsp3) is 0.717. The van der Waals surface area contributed by atoms with Crippen molar-refractivity contribution in [2.45, 2.75) is 264 Å². The van der Waals surface area contributed by atoms with Crippen LogP contribution in [0.1, 0.15) is 258 Å². The molecule has 6 nitrogen and oxygen atoms in total. The Labute approximate surface area is 407 Å². The molecule has 0 aromatic carbocycles. The number of rotatable bonds is 49. The number of carbonyl (C=O) groups excluding carboxylic acids is 3. The Morgan fingerprint density at radius 2 is 0.667 bits per heavy atom. The molecule has 0 heterocycles. The summed E-state index contributed by atoms with van der Waals surface area (Å²) in [6.45, 7) is 6.43. The van der Waals surface area contributed by atoms with E-state index in [1.54, 1.807) is 0 Å². The SMILES string of the molecule is CC\C=C/C=C\C=C/CCCCCCCC(=O)OCC(COC(=O)CCCCCCCCCCCCCCCCCCCC)OC(=O)CCC/C=C\C/C=C\C/C=C\C/C=C\CCCCC. The van der Waals surface area contributed by atoms with Crippen LogP contribution < -0.4 is 0 Å². The van der Waals surface area contributed by atoms with E-state index in [9.17, 15) is 14.4 Å². The molecule has 0 saturated heterocycles. The standard InChI is InChI=1S/C60H102O6/c1-4-7-10-13-16-19-22-25-27-29-31-32-35-38-41-44-47-50-53-59(62)65-56-57(55-64-58(61)52-49-46-43-40-37-34-24-21-18-15-12-9-6-3)66-60(63)54-51-48-45-42-39-36-33-30-28-26-23-20-17-14-11-8-5-2/h9,12,15,17-18,20-21,24,26,28,33,36,42,45,57H,4-8,10-11,13-14,16,19,22-23,25,27,29-32,34-35,37-41,43-44,46-56H2,1-3H3/b12-9-,18-15-,20-17-,24-21-,28-26-,36-33-,45-42-. The van der Waals surface area contributed by atoms with Gasteiger partial charge in [0.15, 0.2) is 6.10 Å². The molecule has 66 heavy (non-hydrogen) atoms. The molecule has 1 unspecified atom stereocenters. The van der Waals surface area contributed by atoms with Crippen LogP contribution in [0.3, 0.4) is 0 Å². The molecule has 1 atom stereocenters. The van der Waals surface area contributed by atoms with Crippen LogP contribution in [-0.2, 0) is 28.6 Å². The van der Waals surface area contributed by atoms with Crippen molar-refractivity contribution >= 4 is 17.9 Å². The topological polar surface area (TPSA) is 78.9 Å². The summed E-state index contributed by atoms with van der Waals surface area (Å²) < 4.78 is 16.8. The van der Waals surface area contributed by atoms with E-state index in [0.29, 0.717) is 19.3 Å². The van der Waals surface area contributed by atoms with Crippen LogP contribution in [0.15, 0.2) is 85.1 Å². The predicted octanol–water partition coefficient (Wildman–Crippen LogP) is 18.4. The van der Waals surface area contributed by atoms with Crippen molar-refractivity contribution in [1.29, 1.82) is 0 Å². The van der Waals surface area contributed by atoms with Gasteiger partial charge in [-0.05, 0) is 77.0 Å². The molecule has 0 radical (unpaired) electrons. The Balaban J connectivity index is 4.46. The van der Waals surface area contributed by atoms with Gasteiger partial charge in [0.2, 0.25) is 0 Å². The van der Waals surface area contributed by atoms with Gasteiger partial charge in [-0.3, -0.25) is 14.4 Å². The molecule has 6 heteroatoms. The fourth-order valence-electron chi connectivity index (χ4n) is 7.55. The van der Waals surface area contributed by atoms with Crippen molar-refractivity contribution in [1.82, 2.24) is 0 Å². The summed E-state index contributed by atoms with van der Waals surface area (Å²) in [5, 5.41) is 0. The second-order valence-corrected chi connectivity index (χ2v) is 18.2. The Morgan fingerprint density at radius 1 is 0.333 bits per heavy atom. The van der Waals surface area contributed by atoms with Crippen LogP contribution in [0.2, 0.25) is 0 Å². The summed E-state index contributed by atoms with van der Waals surface area (Å²) in [5.41, 5.74) is 0. The third kappa shape index (κ3) is 51.6. The maximum absolute atomic E-state index is 12.8. The zero-order valence-corrected chi connectivity index (χ0v) is 43.2. The molecule has 0 amide bonds. The van der Waals surface area contributed by atoms with E-state index in [2.05, 4.69) is 106 Å². The lowest BCUT2D eigenvalue weighted by molar-refractivity contribution is -0.167. The molecule has 0 aliphatic rings. The lowest BCUT2D eigenvalue weighted by atomic mass is 10.0. The number of allylic oxidation sites excluding steroid dienone is 14. The van der Waals surface area contributed by atoms with E-state index in [1.165, 1.54) is 122 Å². The van der Waals surface area contributed by atoms with E-state index in [0.717, 1.165) is 89.9 Å². The van der Waals surface area contributed by atoms with Gasteiger partial charge in [-0.1, -0.05) is 247 Å². The number of ether oxygens (including phenoxy) is 3. The first-order valence-electron chi connectivity index (χ1n) is 27.6. The lowest BCUT2D eigenvalue weighted by Crippen LogP contribution is -2.30. The van der Waals surface area contributed by atoms with Crippen LogP contribution >= 0.6 is 0 Å². The molecule has 0 aromatic rings. The largest absolute Gasteiger partial charge is 0.462 e. The van der Waals surface area contributed by atoms with Gasteiger partial charge in [-0.25, -0.2) is 0 Å². The highest BCUT2D eigenvalue weighted by molar-refractivity contribution is 5.71. The summed E-state index contributed by atoms with van der Waals surface area (Å²) in [5.74, 6) is -0.977. The average Bonchev–Trinajstić information content (AvgIpc) is 3.31. The van der Waals surface area contributed by atoms with Gasteiger partial charge in [0.05, 0.1) is 0 Å². The highest BCUT2D eigenvalue weighted by Gasteiger charge is 2.19. The fourth-order valence-corrected chi connectivity index (χ4v) is 7.55. The number of esters is 3. The number of hydrogen-bond donors (Lipinski definition) is 0. The Kier molecular flexibility index (Phi) is 51.4. The Hall–Kier alpha value is -3.41. The molecule has 378 valence electrons. The van der Waals surface area contributed by atoms with Crippen LogP contribution in [0.5, 0.6) is 0 Å². The van der Waals surface area contributed by atoms with Crippen LogP contribution in [0, 0.1) is 0 Å². The molecule has 0 aliphatic heterocycles. The van der Waals surface area contributed by atoms with E-state index < -0.39 is 6.10 Å². The van der Waals surface area contributed by atoms with E-state index in [4.69, 9.17) is 14.2 Å². The molecule has 0 bridgehead atoms. The first kappa shape index (κ1) is 62.6. The molecular formula is C60H102O6. The van der Waals surface area contributed by atoms with Crippen molar-refractivity contribution in [2.75, 3.05) is 13.2 Å². The maximum Gasteiger partial charge on any atom is 0.306 e. The van der Waals surface area contributed by atoms with Crippen molar-refractivity contribution in [2.24, 2.45) is 0 Å². The minimum Gasteiger partial charge on any atom is -0.462 e. The second kappa shape index (κ2) is 54.2. The van der Waals surface area contributed by atoms with E-state index in [-0.39, 0.29) is 37.5 Å². The third-order valence-electron chi connectivity index (χ3n) is 11.7. The minimum absolute atomic E-state index is 0.103. The summed E-state index contributed by atoms with van der Waals surface area (Å²) >= 11 is 0. The lowest BCUT2D eigenvalue weighted by Gasteiger charge is -2.18. The van der Waals surface area contributed by atoms with Gasteiger partial charge in [0.25, 0.3) is 0 Å². The van der Waals surface area contributed by atoms with Gasteiger partial charge in [0, 0.05) is 19.3 Å². The molecule has 0 aromatic heterocycles. The first-order valence-corrected chi connectivity index (χ1v) is 27.6.